The molecule has 0 aliphatic carbocycles. The number of aliphatic hydroxyl groups excluding tert-OH is 2. The lowest BCUT2D eigenvalue weighted by atomic mass is 10.0. The fourth-order valence-corrected chi connectivity index (χ4v) is 6.90. The summed E-state index contributed by atoms with van der Waals surface area (Å²) in [4.78, 5) is 35.4. The minimum Gasteiger partial charge on any atom is -0.462 e. The summed E-state index contributed by atoms with van der Waals surface area (Å²) in [5, 5.41) is 20.0. The van der Waals surface area contributed by atoms with Crippen molar-refractivity contribution >= 4 is 19.8 Å². The Labute approximate surface area is 377 Å². The molecule has 12 heteroatoms. The number of esters is 2. The smallest absolute Gasteiger partial charge is 0.462 e. The van der Waals surface area contributed by atoms with E-state index in [0.29, 0.717) is 43.1 Å². The zero-order valence-electron chi connectivity index (χ0n) is 39.6. The Balaban J connectivity index is 4.53. The van der Waals surface area contributed by atoms with Gasteiger partial charge in [0.25, 0.3) is 0 Å². The molecule has 0 spiro atoms. The van der Waals surface area contributed by atoms with Crippen LogP contribution in [0.25, 0.3) is 0 Å². The van der Waals surface area contributed by atoms with Crippen LogP contribution in [0.2, 0.25) is 0 Å². The Hall–Kier alpha value is -2.63. The van der Waals surface area contributed by atoms with Crippen LogP contribution < -0.4 is 0 Å². The molecule has 0 saturated carbocycles. The van der Waals surface area contributed by atoms with Crippen molar-refractivity contribution in [1.82, 2.24) is 0 Å². The van der Waals surface area contributed by atoms with Crippen LogP contribution in [0.5, 0.6) is 0 Å². The van der Waals surface area contributed by atoms with Gasteiger partial charge < -0.3 is 29.1 Å². The summed E-state index contributed by atoms with van der Waals surface area (Å²) in [6.07, 6.45) is 44.6. The number of likely N-dealkylation sites (N-methyl/N-ethyl adjacent to an activating group) is 1. The maximum absolute atomic E-state index is 12.7. The van der Waals surface area contributed by atoms with Gasteiger partial charge in [-0.2, -0.15) is 0 Å². The molecule has 1 unspecified atom stereocenters. The molecule has 3 N–H and O–H groups in total. The van der Waals surface area contributed by atoms with Crippen molar-refractivity contribution in [2.24, 2.45) is 0 Å². The number of unbranched alkanes of at least 4 members (excludes halogenated alkanes) is 16. The predicted octanol–water partition coefficient (Wildman–Crippen LogP) is 11.7. The van der Waals surface area contributed by atoms with Crippen molar-refractivity contribution in [2.75, 3.05) is 47.5 Å². The summed E-state index contributed by atoms with van der Waals surface area (Å²) in [7, 11) is 1.37. The first kappa shape index (κ1) is 59.4. The lowest BCUT2D eigenvalue weighted by Crippen LogP contribution is -2.37. The molecule has 4 atom stereocenters. The van der Waals surface area contributed by atoms with Crippen LogP contribution in [0.4, 0.5) is 0 Å². The molecule has 0 radical (unpaired) electrons. The number of hydrogen-bond acceptors (Lipinski definition) is 9. The van der Waals surface area contributed by atoms with Crippen molar-refractivity contribution in [3.63, 3.8) is 0 Å². The van der Waals surface area contributed by atoms with Gasteiger partial charge in [-0.1, -0.05) is 189 Å². The van der Waals surface area contributed by atoms with E-state index in [2.05, 4.69) is 13.8 Å². The number of phosphoric ester groups is 1. The summed E-state index contributed by atoms with van der Waals surface area (Å²) < 4.78 is 34.2. The number of quaternary nitrogens is 1. The van der Waals surface area contributed by atoms with Crippen molar-refractivity contribution in [1.29, 1.82) is 0 Å². The number of rotatable bonds is 42. The average Bonchev–Trinajstić information content (AvgIpc) is 3.21. The highest BCUT2D eigenvalue weighted by Crippen LogP contribution is 2.43. The molecule has 0 amide bonds. The Bertz CT molecular complexity index is 1320. The summed E-state index contributed by atoms with van der Waals surface area (Å²) in [5.41, 5.74) is 0. The largest absolute Gasteiger partial charge is 0.472 e. The summed E-state index contributed by atoms with van der Waals surface area (Å²) in [6.45, 7) is 4.03. The topological polar surface area (TPSA) is 149 Å². The molecule has 0 heterocycles. The van der Waals surface area contributed by atoms with Crippen molar-refractivity contribution in [3.05, 3.63) is 72.9 Å². The minimum absolute atomic E-state index is 0.000283. The fourth-order valence-electron chi connectivity index (χ4n) is 6.16. The summed E-state index contributed by atoms with van der Waals surface area (Å²) >= 11 is 0. The second-order valence-electron chi connectivity index (χ2n) is 17.2. The highest BCUT2D eigenvalue weighted by Gasteiger charge is 2.27. The van der Waals surface area contributed by atoms with Crippen LogP contribution in [0.1, 0.15) is 168 Å². The third kappa shape index (κ3) is 44.0. The highest BCUT2D eigenvalue weighted by atomic mass is 31.2. The Morgan fingerprint density at radius 3 is 1.61 bits per heavy atom. The number of hydrogen-bond donors (Lipinski definition) is 3. The second-order valence-corrected chi connectivity index (χ2v) is 18.6. The first-order valence-corrected chi connectivity index (χ1v) is 25.4. The molecular weight excluding hydrogens is 806 g/mol. The van der Waals surface area contributed by atoms with Gasteiger partial charge in [0.2, 0.25) is 0 Å². The second kappa shape index (κ2) is 41.1. The van der Waals surface area contributed by atoms with Crippen LogP contribution in [-0.2, 0) is 32.7 Å². The molecular formula is C50H89NO10P+. The van der Waals surface area contributed by atoms with Crippen LogP contribution in [0, 0.1) is 0 Å². The van der Waals surface area contributed by atoms with Crippen molar-refractivity contribution in [3.8, 4) is 0 Å². The molecule has 0 aliphatic rings. The lowest BCUT2D eigenvalue weighted by Gasteiger charge is -2.24. The van der Waals surface area contributed by atoms with Crippen LogP contribution >= 0.6 is 7.82 Å². The predicted molar refractivity (Wildman–Crippen MR) is 254 cm³/mol. The first-order chi connectivity index (χ1) is 29.8. The number of nitrogens with zero attached hydrogens (tertiary/aromatic N) is 1. The molecule has 0 saturated heterocycles. The number of carbonyl (C=O) groups excluding carboxylic acids is 2. The first-order valence-electron chi connectivity index (χ1n) is 23.9. The summed E-state index contributed by atoms with van der Waals surface area (Å²) in [5.74, 6) is -0.966. The van der Waals surface area contributed by atoms with E-state index in [0.717, 1.165) is 25.7 Å². The molecule has 358 valence electrons. The lowest BCUT2D eigenvalue weighted by molar-refractivity contribution is -0.870. The van der Waals surface area contributed by atoms with E-state index in [9.17, 15) is 29.3 Å². The van der Waals surface area contributed by atoms with E-state index >= 15 is 0 Å². The number of allylic oxidation sites excluding steroid dienone is 8. The molecule has 0 rings (SSSR count). The molecule has 0 aliphatic heterocycles. The van der Waals surface area contributed by atoms with E-state index in [-0.39, 0.29) is 26.1 Å². The zero-order valence-corrected chi connectivity index (χ0v) is 40.4. The van der Waals surface area contributed by atoms with E-state index in [1.807, 2.05) is 57.6 Å². The standard InChI is InChI=1S/C50H88NO10P/c1-6-8-10-11-12-13-14-15-16-17-18-19-20-21-22-27-35-41-50(55)61-48(45-60-62(56,57)59-43-42-51(3,4)5)44-58-49(54)40-34-26-24-23-25-31-37-47(53)39-33-29-28-32-38-46(52)36-30-9-7-2/h9,24-26,28-33,38-39,46-48,52-53H,6-8,10-23,27,34-37,40-45H2,1-5H3/p+1/b26-24-,29-28-,30-9-,31-25-,38-32+,39-33+/t46-,47+,48-/m1/s1. The molecule has 11 nitrogen and oxygen atoms in total. The van der Waals surface area contributed by atoms with Crippen molar-refractivity contribution in [2.45, 2.75) is 186 Å². The third-order valence-electron chi connectivity index (χ3n) is 9.93. The van der Waals surface area contributed by atoms with E-state index in [4.69, 9.17) is 18.5 Å². The zero-order chi connectivity index (χ0) is 46.0. The van der Waals surface area contributed by atoms with Crippen LogP contribution in [-0.4, -0.2) is 97.3 Å². The van der Waals surface area contributed by atoms with Gasteiger partial charge in [-0.25, -0.2) is 4.57 Å². The molecule has 0 bridgehead atoms. The monoisotopic (exact) mass is 895 g/mol. The molecule has 62 heavy (non-hydrogen) atoms. The Kier molecular flexibility index (Phi) is 39.4. The van der Waals surface area contributed by atoms with E-state index in [1.54, 1.807) is 36.5 Å². The maximum atomic E-state index is 12.7. The van der Waals surface area contributed by atoms with Gasteiger partial charge in [0, 0.05) is 12.8 Å². The molecule has 0 fully saturated rings. The molecule has 0 aromatic rings. The highest BCUT2D eigenvalue weighted by molar-refractivity contribution is 7.47. The summed E-state index contributed by atoms with van der Waals surface area (Å²) in [6, 6.07) is 0. The average molecular weight is 895 g/mol. The van der Waals surface area contributed by atoms with Gasteiger partial charge in [-0.15, -0.1) is 0 Å². The molecule has 0 aromatic carbocycles. The quantitative estimate of drug-likeness (QED) is 0.0135. The maximum Gasteiger partial charge on any atom is 0.472 e. The number of carbonyl (C=O) groups is 2. The van der Waals surface area contributed by atoms with Gasteiger partial charge >= 0.3 is 19.8 Å². The Morgan fingerprint density at radius 1 is 0.597 bits per heavy atom. The number of phosphoric acid groups is 1. The SMILES string of the molecule is CC/C=C\C[C@@H](O)/C=C/C=C\C=C\[C@@H](O)C/C=C\C/C=C\CCC(=O)OC[C@H](COP(=O)(O)OCC[N+](C)(C)C)OC(=O)CCCCCCCCCCCCCCCCCCC. The van der Waals surface area contributed by atoms with Crippen LogP contribution in [0.3, 0.4) is 0 Å². The van der Waals surface area contributed by atoms with E-state index < -0.39 is 44.7 Å². The van der Waals surface area contributed by atoms with Gasteiger partial charge in [0.15, 0.2) is 6.10 Å². The van der Waals surface area contributed by atoms with E-state index in [1.165, 1.54) is 83.5 Å². The third-order valence-corrected chi connectivity index (χ3v) is 10.9. The fraction of sp³-hybridized carbons (Fsp3) is 0.720. The van der Waals surface area contributed by atoms with Gasteiger partial charge in [-0.05, 0) is 38.5 Å². The van der Waals surface area contributed by atoms with Gasteiger partial charge in [-0.3, -0.25) is 18.6 Å². The van der Waals surface area contributed by atoms with Crippen molar-refractivity contribution < 1.29 is 52.3 Å². The number of ether oxygens (including phenoxy) is 2. The Morgan fingerprint density at radius 2 is 1.10 bits per heavy atom. The van der Waals surface area contributed by atoms with Gasteiger partial charge in [0.05, 0.1) is 40.0 Å². The normalized spacial score (nSPS) is 15.2. The minimum atomic E-state index is -4.42. The van der Waals surface area contributed by atoms with Gasteiger partial charge in [0.1, 0.15) is 19.8 Å². The van der Waals surface area contributed by atoms with Crippen LogP contribution in [0.15, 0.2) is 72.9 Å². The molecule has 0 aromatic heterocycles. The number of aliphatic hydroxyl groups is 2.